The molecule has 12 heteroatoms. The summed E-state index contributed by atoms with van der Waals surface area (Å²) in [7, 11) is -5.89. The monoisotopic (exact) mass is 532 g/mol. The average molecular weight is 533 g/mol. The van der Waals surface area contributed by atoms with Gasteiger partial charge in [0.05, 0.1) is 12.2 Å². The minimum absolute atomic E-state index is 0.00416. The molecular formula is C22H35F3O7S2. The molecule has 0 bridgehead atoms. The zero-order valence-electron chi connectivity index (χ0n) is 19.5. The smallest absolute Gasteiger partial charge is 0.481 e. The summed E-state index contributed by atoms with van der Waals surface area (Å²) in [6.45, 7) is 4.08. The van der Waals surface area contributed by atoms with E-state index in [0.29, 0.717) is 31.4 Å². The van der Waals surface area contributed by atoms with Gasteiger partial charge in [-0.15, -0.1) is 11.8 Å². The number of aliphatic hydroxyl groups is 2. The highest BCUT2D eigenvalue weighted by Crippen LogP contribution is 2.43. The number of hydrogen-bond donors (Lipinski definition) is 3. The van der Waals surface area contributed by atoms with E-state index in [1.165, 1.54) is 12.2 Å². The van der Waals surface area contributed by atoms with Crippen molar-refractivity contribution < 1.29 is 45.9 Å². The molecule has 0 unspecified atom stereocenters. The molecule has 0 aliphatic heterocycles. The summed E-state index contributed by atoms with van der Waals surface area (Å²) in [6, 6.07) is 0. The molecule has 0 aromatic heterocycles. The Kier molecular flexibility index (Phi) is 13.0. The number of aliphatic carboxylic acids is 1. The number of carboxylic acid groups (broad SMARTS) is 1. The Morgan fingerprint density at radius 3 is 2.53 bits per heavy atom. The summed E-state index contributed by atoms with van der Waals surface area (Å²) in [5, 5.41) is 29.4. The Balaban J connectivity index is 2.95. The number of alkyl halides is 3. The van der Waals surface area contributed by atoms with Crippen LogP contribution in [-0.4, -0.2) is 53.2 Å². The van der Waals surface area contributed by atoms with E-state index >= 15 is 0 Å². The van der Waals surface area contributed by atoms with Gasteiger partial charge in [-0.3, -0.25) is 4.79 Å². The molecule has 1 rings (SSSR count). The molecule has 0 saturated heterocycles. The van der Waals surface area contributed by atoms with Crippen molar-refractivity contribution in [1.29, 1.82) is 0 Å². The fourth-order valence-corrected chi connectivity index (χ4v) is 5.42. The van der Waals surface area contributed by atoms with Crippen LogP contribution >= 0.6 is 11.8 Å². The Bertz CT molecular complexity index is 810. The molecule has 0 fully saturated rings. The maximum absolute atomic E-state index is 12.8. The predicted octanol–water partition coefficient (Wildman–Crippen LogP) is 4.96. The Labute approximate surface area is 203 Å². The van der Waals surface area contributed by atoms with Gasteiger partial charge in [0.25, 0.3) is 0 Å². The number of hydrogen-bond acceptors (Lipinski definition) is 7. The van der Waals surface area contributed by atoms with Crippen LogP contribution in [0.2, 0.25) is 0 Å². The lowest BCUT2D eigenvalue weighted by molar-refractivity contribution is -0.137. The number of halogens is 3. The molecule has 0 spiro atoms. The number of carbonyl (C=O) groups is 1. The maximum atomic E-state index is 12.8. The lowest BCUT2D eigenvalue weighted by atomic mass is 9.96. The first-order chi connectivity index (χ1) is 15.8. The van der Waals surface area contributed by atoms with Crippen LogP contribution in [0.5, 0.6) is 0 Å². The summed E-state index contributed by atoms with van der Waals surface area (Å²) in [5.41, 5.74) is -5.60. The van der Waals surface area contributed by atoms with Gasteiger partial charge in [0.2, 0.25) is 0 Å². The molecule has 0 heterocycles. The van der Waals surface area contributed by atoms with Gasteiger partial charge in [0, 0.05) is 23.7 Å². The second-order valence-electron chi connectivity index (χ2n) is 8.56. The highest BCUT2D eigenvalue weighted by atomic mass is 32.2. The van der Waals surface area contributed by atoms with Crippen LogP contribution in [0.25, 0.3) is 0 Å². The van der Waals surface area contributed by atoms with Crippen molar-refractivity contribution in [2.45, 2.75) is 89.4 Å². The van der Waals surface area contributed by atoms with Crippen molar-refractivity contribution in [1.82, 2.24) is 0 Å². The van der Waals surface area contributed by atoms with Crippen LogP contribution in [0.15, 0.2) is 22.8 Å². The summed E-state index contributed by atoms with van der Waals surface area (Å²) >= 11 is 1.07. The third kappa shape index (κ3) is 10.6. The van der Waals surface area contributed by atoms with Crippen molar-refractivity contribution in [3.63, 3.8) is 0 Å². The fourth-order valence-electron chi connectivity index (χ4n) is 3.57. The fraction of sp³-hybridized carbons (Fsp3) is 0.773. The van der Waals surface area contributed by atoms with Gasteiger partial charge in [-0.1, -0.05) is 51.7 Å². The van der Waals surface area contributed by atoms with Gasteiger partial charge in [0.1, 0.15) is 5.76 Å². The van der Waals surface area contributed by atoms with Crippen LogP contribution in [0.3, 0.4) is 0 Å². The van der Waals surface area contributed by atoms with E-state index in [4.69, 9.17) is 5.11 Å². The predicted molar refractivity (Wildman–Crippen MR) is 124 cm³/mol. The van der Waals surface area contributed by atoms with E-state index in [0.717, 1.165) is 31.0 Å². The Hall–Kier alpha value is -1.24. The molecule has 0 aromatic carbocycles. The van der Waals surface area contributed by atoms with E-state index in [-0.39, 0.29) is 17.2 Å². The average Bonchev–Trinajstić information content (AvgIpc) is 2.99. The molecule has 0 radical (unpaired) electrons. The van der Waals surface area contributed by atoms with Crippen LogP contribution in [0.4, 0.5) is 13.2 Å². The van der Waals surface area contributed by atoms with E-state index in [1.807, 2.05) is 6.92 Å². The number of unbranched alkanes of at least 4 members (excludes halogenated alkanes) is 3. The van der Waals surface area contributed by atoms with Crippen LogP contribution < -0.4 is 0 Å². The summed E-state index contributed by atoms with van der Waals surface area (Å²) < 4.78 is 65.9. The van der Waals surface area contributed by atoms with Gasteiger partial charge in [-0.2, -0.15) is 21.6 Å². The molecular weight excluding hydrogens is 497 g/mol. The molecule has 1 aliphatic carbocycles. The van der Waals surface area contributed by atoms with E-state index in [2.05, 4.69) is 11.1 Å². The third-order valence-corrected chi connectivity index (χ3v) is 7.70. The quantitative estimate of drug-likeness (QED) is 0.110. The SMILES string of the molecule is CCCC[C@@H](C)C[C@H](O)/C=C/[C@@H]1C(SCCCCCC(=O)O)=C(OS(=O)(=O)C(F)(F)F)C[C@H]1O. The maximum Gasteiger partial charge on any atom is 0.534 e. The number of rotatable bonds is 16. The normalized spacial score (nSPS) is 21.3. The molecule has 7 nitrogen and oxygen atoms in total. The molecule has 0 saturated carbocycles. The van der Waals surface area contributed by atoms with Crippen LogP contribution in [0, 0.1) is 11.8 Å². The zero-order valence-corrected chi connectivity index (χ0v) is 21.1. The highest BCUT2D eigenvalue weighted by Gasteiger charge is 2.50. The van der Waals surface area contributed by atoms with Crippen molar-refractivity contribution in [3.05, 3.63) is 22.8 Å². The molecule has 3 N–H and O–H groups in total. The lowest BCUT2D eigenvalue weighted by Crippen LogP contribution is -2.25. The van der Waals surface area contributed by atoms with Gasteiger partial charge >= 0.3 is 21.6 Å². The number of aliphatic hydroxyl groups excluding tert-OH is 2. The van der Waals surface area contributed by atoms with Gasteiger partial charge in [-0.25, -0.2) is 0 Å². The van der Waals surface area contributed by atoms with E-state index in [1.54, 1.807) is 0 Å². The first kappa shape index (κ1) is 30.8. The van der Waals surface area contributed by atoms with Crippen molar-refractivity contribution in [3.8, 4) is 0 Å². The molecule has 34 heavy (non-hydrogen) atoms. The van der Waals surface area contributed by atoms with Gasteiger partial charge in [-0.05, 0) is 30.9 Å². The minimum Gasteiger partial charge on any atom is -0.481 e. The minimum atomic E-state index is -5.89. The van der Waals surface area contributed by atoms with Crippen molar-refractivity contribution in [2.24, 2.45) is 11.8 Å². The highest BCUT2D eigenvalue weighted by molar-refractivity contribution is 8.03. The molecule has 1 aliphatic rings. The van der Waals surface area contributed by atoms with Crippen LogP contribution in [-0.2, 0) is 19.1 Å². The largest absolute Gasteiger partial charge is 0.534 e. The van der Waals surface area contributed by atoms with Crippen LogP contribution in [0.1, 0.15) is 71.6 Å². The molecule has 0 aromatic rings. The molecule has 4 atom stereocenters. The summed E-state index contributed by atoms with van der Waals surface area (Å²) in [6.07, 6.45) is 5.61. The second kappa shape index (κ2) is 14.4. The third-order valence-electron chi connectivity index (χ3n) is 5.41. The number of thioether (sulfide) groups is 1. The summed E-state index contributed by atoms with van der Waals surface area (Å²) in [4.78, 5) is 10.8. The Morgan fingerprint density at radius 1 is 1.26 bits per heavy atom. The topological polar surface area (TPSA) is 121 Å². The first-order valence-corrected chi connectivity index (χ1v) is 13.8. The van der Waals surface area contributed by atoms with Gasteiger partial charge in [0.15, 0.2) is 0 Å². The van der Waals surface area contributed by atoms with Gasteiger partial charge < -0.3 is 19.5 Å². The second-order valence-corrected chi connectivity index (χ2v) is 11.2. The molecule has 198 valence electrons. The van der Waals surface area contributed by atoms with E-state index < -0.39 is 51.9 Å². The molecule has 0 amide bonds. The zero-order chi connectivity index (χ0) is 25.9. The number of carboxylic acids is 1. The Morgan fingerprint density at radius 2 is 1.94 bits per heavy atom. The van der Waals surface area contributed by atoms with E-state index in [9.17, 15) is 36.6 Å². The lowest BCUT2D eigenvalue weighted by Gasteiger charge is -2.17. The van der Waals surface area contributed by atoms with Crippen molar-refractivity contribution >= 4 is 27.8 Å². The first-order valence-electron chi connectivity index (χ1n) is 11.4. The van der Waals surface area contributed by atoms with Crippen molar-refractivity contribution in [2.75, 3.05) is 5.75 Å². The standard InChI is InChI=1S/C22H35F3O7S2/c1-3-4-8-15(2)13-16(26)10-11-17-18(27)14-19(32-34(30,31)22(23,24)25)21(17)33-12-7-5-6-9-20(28)29/h10-11,15-18,26-27H,3-9,12-14H2,1-2H3,(H,28,29)/b11-10+/t15-,16-,17+,18-/m1/s1. The summed E-state index contributed by atoms with van der Waals surface area (Å²) in [5.74, 6) is -1.56.